The van der Waals surface area contributed by atoms with Crippen LogP contribution in [0.3, 0.4) is 0 Å². The Bertz CT molecular complexity index is 916. The van der Waals surface area contributed by atoms with E-state index in [0.717, 1.165) is 28.2 Å². The molecule has 140 valence electrons. The van der Waals surface area contributed by atoms with Crippen LogP contribution in [0.5, 0.6) is 0 Å². The number of piperidine rings is 1. The molecule has 0 saturated carbocycles. The van der Waals surface area contributed by atoms with Crippen molar-refractivity contribution in [2.45, 2.75) is 39.3 Å². The van der Waals surface area contributed by atoms with E-state index >= 15 is 0 Å². The summed E-state index contributed by atoms with van der Waals surface area (Å²) in [5.41, 5.74) is 3.39. The van der Waals surface area contributed by atoms with Crippen molar-refractivity contribution in [1.82, 2.24) is 15.5 Å². The predicted molar refractivity (Wildman–Crippen MR) is 97.2 cm³/mol. The lowest BCUT2D eigenvalue weighted by atomic mass is 9.98. The highest BCUT2D eigenvalue weighted by atomic mass is 16.3. The molecule has 2 N–H and O–H groups in total. The first-order valence-corrected chi connectivity index (χ1v) is 8.99. The first kappa shape index (κ1) is 17.3. The Balaban J connectivity index is 1.53. The van der Waals surface area contributed by atoms with Crippen molar-refractivity contribution in [2.24, 2.45) is 0 Å². The van der Waals surface area contributed by atoms with E-state index < -0.39 is 6.04 Å². The van der Waals surface area contributed by atoms with Gasteiger partial charge in [0.15, 0.2) is 0 Å². The Kier molecular flexibility index (Phi) is 4.22. The van der Waals surface area contributed by atoms with Crippen LogP contribution in [0.25, 0.3) is 0 Å². The first-order chi connectivity index (χ1) is 12.9. The fraction of sp³-hybridized carbons (Fsp3) is 0.350. The Morgan fingerprint density at radius 1 is 1.26 bits per heavy atom. The molecule has 2 amide bonds. The van der Waals surface area contributed by atoms with E-state index in [-0.39, 0.29) is 17.6 Å². The molecule has 7 nitrogen and oxygen atoms in total. The van der Waals surface area contributed by atoms with Crippen LogP contribution >= 0.6 is 0 Å². The van der Waals surface area contributed by atoms with Crippen molar-refractivity contribution in [2.75, 3.05) is 6.54 Å². The predicted octanol–water partition coefficient (Wildman–Crippen LogP) is 1.38. The molecule has 0 aromatic carbocycles. The van der Waals surface area contributed by atoms with Gasteiger partial charge in [-0.15, -0.1) is 0 Å². The minimum Gasteiger partial charge on any atom is -0.464 e. The molecule has 1 aliphatic carbocycles. The summed E-state index contributed by atoms with van der Waals surface area (Å²) in [6.07, 6.45) is 6.00. The molecule has 3 aliphatic rings. The number of hydrogen-bond donors (Lipinski definition) is 2. The van der Waals surface area contributed by atoms with Crippen LogP contribution in [-0.4, -0.2) is 35.1 Å². The van der Waals surface area contributed by atoms with Crippen LogP contribution in [0.4, 0.5) is 0 Å². The molecule has 0 bridgehead atoms. The molecular weight excluding hydrogens is 346 g/mol. The second-order valence-electron chi connectivity index (χ2n) is 7.08. The van der Waals surface area contributed by atoms with Gasteiger partial charge in [-0.1, -0.05) is 0 Å². The summed E-state index contributed by atoms with van der Waals surface area (Å²) < 4.78 is 5.67. The highest BCUT2D eigenvalue weighted by Gasteiger charge is 2.35. The summed E-state index contributed by atoms with van der Waals surface area (Å²) in [5.74, 6) is 1.03. The summed E-state index contributed by atoms with van der Waals surface area (Å²) in [6, 6.07) is 1.56. The topological polar surface area (TPSA) is 91.7 Å². The Morgan fingerprint density at radius 2 is 2.07 bits per heavy atom. The molecule has 1 saturated heterocycles. The number of aryl methyl sites for hydroxylation is 2. The van der Waals surface area contributed by atoms with Crippen LogP contribution in [0.1, 0.15) is 29.9 Å². The van der Waals surface area contributed by atoms with E-state index in [1.165, 1.54) is 6.08 Å². The molecule has 1 atom stereocenters. The number of amides is 2. The molecule has 2 aliphatic heterocycles. The summed E-state index contributed by atoms with van der Waals surface area (Å²) in [4.78, 5) is 37.8. The van der Waals surface area contributed by atoms with Crippen LogP contribution in [0, 0.1) is 13.8 Å². The average Bonchev–Trinajstić information content (AvgIpc) is 3.17. The van der Waals surface area contributed by atoms with Gasteiger partial charge in [0.2, 0.25) is 17.6 Å². The molecule has 1 fully saturated rings. The number of imide groups is 1. The van der Waals surface area contributed by atoms with Crippen molar-refractivity contribution < 1.29 is 18.8 Å². The maximum Gasteiger partial charge on any atom is 0.249 e. The van der Waals surface area contributed by atoms with E-state index in [1.54, 1.807) is 6.08 Å². The van der Waals surface area contributed by atoms with Gasteiger partial charge >= 0.3 is 0 Å². The second-order valence-corrected chi connectivity index (χ2v) is 7.08. The highest BCUT2D eigenvalue weighted by Crippen LogP contribution is 2.31. The number of carbonyl (C=O) groups excluding carboxylic acids is 3. The fourth-order valence-electron chi connectivity index (χ4n) is 3.65. The van der Waals surface area contributed by atoms with Crippen molar-refractivity contribution in [3.8, 4) is 0 Å². The van der Waals surface area contributed by atoms with Gasteiger partial charge in [-0.25, -0.2) is 0 Å². The number of furan rings is 1. The SMILES string of the molecule is Cc1cc(CNC2=C3CN(C4CCC(=O)NC4=O)C=C3C=CC2=O)oc1C. The lowest BCUT2D eigenvalue weighted by molar-refractivity contribution is -0.136. The second kappa shape index (κ2) is 6.57. The van der Waals surface area contributed by atoms with Crippen molar-refractivity contribution in [1.29, 1.82) is 0 Å². The van der Waals surface area contributed by atoms with Gasteiger partial charge in [0.1, 0.15) is 17.6 Å². The maximum absolute atomic E-state index is 12.4. The van der Waals surface area contributed by atoms with Crippen molar-refractivity contribution in [3.05, 3.63) is 58.3 Å². The molecule has 1 aromatic heterocycles. The largest absolute Gasteiger partial charge is 0.464 e. The molecular formula is C20H21N3O4. The van der Waals surface area contributed by atoms with Crippen LogP contribution < -0.4 is 10.6 Å². The molecule has 4 rings (SSSR count). The highest BCUT2D eigenvalue weighted by molar-refractivity contribution is 6.07. The zero-order valence-corrected chi connectivity index (χ0v) is 15.3. The van der Waals surface area contributed by atoms with Gasteiger partial charge in [-0.05, 0) is 49.6 Å². The van der Waals surface area contributed by atoms with Gasteiger partial charge in [0.25, 0.3) is 0 Å². The molecule has 7 heteroatoms. The van der Waals surface area contributed by atoms with Gasteiger partial charge < -0.3 is 14.6 Å². The van der Waals surface area contributed by atoms with Gasteiger partial charge in [-0.3, -0.25) is 19.7 Å². The molecule has 0 radical (unpaired) electrons. The molecule has 3 heterocycles. The quantitative estimate of drug-likeness (QED) is 0.782. The number of allylic oxidation sites excluding steroid dienone is 2. The number of carbonyl (C=O) groups is 3. The minimum atomic E-state index is -0.395. The summed E-state index contributed by atoms with van der Waals surface area (Å²) in [6.45, 7) is 4.76. The van der Waals surface area contributed by atoms with Gasteiger partial charge in [0.05, 0.1) is 12.2 Å². The fourth-order valence-corrected chi connectivity index (χ4v) is 3.65. The lowest BCUT2D eigenvalue weighted by Crippen LogP contribution is -2.50. The number of hydrogen-bond acceptors (Lipinski definition) is 6. The van der Waals surface area contributed by atoms with Crippen molar-refractivity contribution in [3.63, 3.8) is 0 Å². The number of fused-ring (bicyclic) bond motifs is 1. The van der Waals surface area contributed by atoms with E-state index in [4.69, 9.17) is 4.42 Å². The third-order valence-corrected chi connectivity index (χ3v) is 5.22. The average molecular weight is 367 g/mol. The van der Waals surface area contributed by atoms with E-state index in [1.807, 2.05) is 31.0 Å². The smallest absolute Gasteiger partial charge is 0.249 e. The van der Waals surface area contributed by atoms with Crippen LogP contribution in [-0.2, 0) is 20.9 Å². The first-order valence-electron chi connectivity index (χ1n) is 8.99. The lowest BCUT2D eigenvalue weighted by Gasteiger charge is -2.29. The summed E-state index contributed by atoms with van der Waals surface area (Å²) >= 11 is 0. The molecule has 0 spiro atoms. The van der Waals surface area contributed by atoms with Crippen LogP contribution in [0.2, 0.25) is 0 Å². The monoisotopic (exact) mass is 367 g/mol. The summed E-state index contributed by atoms with van der Waals surface area (Å²) in [7, 11) is 0. The number of nitrogens with one attached hydrogen (secondary N) is 2. The third-order valence-electron chi connectivity index (χ3n) is 5.22. The third kappa shape index (κ3) is 3.20. The number of nitrogens with zero attached hydrogens (tertiary/aromatic N) is 1. The zero-order valence-electron chi connectivity index (χ0n) is 15.3. The minimum absolute atomic E-state index is 0.0905. The van der Waals surface area contributed by atoms with E-state index in [2.05, 4.69) is 10.6 Å². The van der Waals surface area contributed by atoms with Crippen LogP contribution in [0.15, 0.2) is 45.7 Å². The Morgan fingerprint density at radius 3 is 2.78 bits per heavy atom. The number of ketones is 1. The Hall–Kier alpha value is -3.09. The molecule has 1 unspecified atom stereocenters. The standard InChI is InChI=1S/C20H21N3O4/c1-11-7-14(27-12(11)2)8-21-19-15-10-23(9-13(15)3-5-17(19)24)16-4-6-18(25)22-20(16)26/h3,5,7,9,16,21H,4,6,8,10H2,1-2H3,(H,22,25,26). The van der Waals surface area contributed by atoms with E-state index in [0.29, 0.717) is 31.6 Å². The maximum atomic E-state index is 12.4. The normalized spacial score (nSPS) is 22.1. The van der Waals surface area contributed by atoms with Crippen molar-refractivity contribution >= 4 is 17.6 Å². The summed E-state index contributed by atoms with van der Waals surface area (Å²) in [5, 5.41) is 5.59. The Labute approximate surface area is 156 Å². The zero-order chi connectivity index (χ0) is 19.1. The molecule has 27 heavy (non-hydrogen) atoms. The number of rotatable bonds is 4. The molecule has 1 aromatic rings. The van der Waals surface area contributed by atoms with E-state index in [9.17, 15) is 14.4 Å². The van der Waals surface area contributed by atoms with Gasteiger partial charge in [0, 0.05) is 24.7 Å². The van der Waals surface area contributed by atoms with Gasteiger partial charge in [-0.2, -0.15) is 0 Å².